The minimum Gasteiger partial charge on any atom is -0.444 e. The average Bonchev–Trinajstić information content (AvgIpc) is 2.74. The van der Waals surface area contributed by atoms with Crippen molar-refractivity contribution in [3.05, 3.63) is 51.4 Å². The Kier molecular flexibility index (Phi) is 10.6. The van der Waals surface area contributed by atoms with Crippen LogP contribution < -0.4 is 5.32 Å². The van der Waals surface area contributed by atoms with Crippen molar-refractivity contribution in [2.45, 2.75) is 103 Å². The molecule has 3 N–H and O–H groups in total. The Balaban J connectivity index is 2.16. The molecule has 202 valence electrons. The second-order valence-corrected chi connectivity index (χ2v) is 13.4. The molecule has 0 fully saturated rings. The van der Waals surface area contributed by atoms with Crippen LogP contribution in [0.15, 0.2) is 45.7 Å². The summed E-state index contributed by atoms with van der Waals surface area (Å²) < 4.78 is 5.43. The number of thioether (sulfide) groups is 1. The van der Waals surface area contributed by atoms with Crippen LogP contribution in [-0.2, 0) is 11.2 Å². The van der Waals surface area contributed by atoms with Gasteiger partial charge in [-0.2, -0.15) is 0 Å². The number of carbonyl (C=O) groups is 1. The molecule has 0 spiro atoms. The van der Waals surface area contributed by atoms with Gasteiger partial charge in [-0.1, -0.05) is 76.5 Å². The van der Waals surface area contributed by atoms with E-state index in [0.717, 1.165) is 21.8 Å². The summed E-state index contributed by atoms with van der Waals surface area (Å²) in [6.45, 7) is 15.9. The molecule has 0 heterocycles. The molecular weight excluding hydrogens is 494 g/mol. The van der Waals surface area contributed by atoms with Gasteiger partial charge >= 0.3 is 6.09 Å². The summed E-state index contributed by atoms with van der Waals surface area (Å²) in [5.74, 6) is 0.0455. The van der Waals surface area contributed by atoms with Crippen LogP contribution in [0.5, 0.6) is 0 Å². The van der Waals surface area contributed by atoms with Crippen molar-refractivity contribution in [1.29, 1.82) is 0 Å². The molecule has 5 nitrogen and oxygen atoms in total. The molecule has 3 atom stereocenters. The van der Waals surface area contributed by atoms with E-state index in [1.165, 1.54) is 5.57 Å². The zero-order valence-corrected chi connectivity index (χ0v) is 24.6. The fourth-order valence-corrected chi connectivity index (χ4v) is 5.67. The average molecular weight is 538 g/mol. The van der Waals surface area contributed by atoms with Gasteiger partial charge < -0.3 is 20.3 Å². The molecule has 1 aromatic rings. The number of allylic oxidation sites excluding steroid dienone is 2. The van der Waals surface area contributed by atoms with Crippen LogP contribution in [0.4, 0.5) is 4.79 Å². The molecule has 1 aromatic carbocycles. The van der Waals surface area contributed by atoms with Gasteiger partial charge in [0.05, 0.1) is 18.2 Å². The van der Waals surface area contributed by atoms with E-state index in [4.69, 9.17) is 16.3 Å². The van der Waals surface area contributed by atoms with E-state index in [-0.39, 0.29) is 17.9 Å². The molecule has 7 heteroatoms. The SMILES string of the molecule is CCCC(CO)(CCc1ccc(SC2=CC(C(C)(C)C)=CC(C)C2O)cc1Cl)NC(=O)OC(C)(C)C. The first-order valence-electron chi connectivity index (χ1n) is 12.8. The van der Waals surface area contributed by atoms with Gasteiger partial charge in [0, 0.05) is 20.7 Å². The predicted molar refractivity (Wildman–Crippen MR) is 151 cm³/mol. The molecule has 0 saturated carbocycles. The second kappa shape index (κ2) is 12.4. The van der Waals surface area contributed by atoms with Crippen molar-refractivity contribution in [2.75, 3.05) is 6.61 Å². The van der Waals surface area contributed by atoms with E-state index in [2.05, 4.69) is 38.2 Å². The number of benzene rings is 1. The lowest BCUT2D eigenvalue weighted by Gasteiger charge is -2.34. The topological polar surface area (TPSA) is 78.8 Å². The minimum absolute atomic E-state index is 0.00669. The van der Waals surface area contributed by atoms with E-state index >= 15 is 0 Å². The maximum atomic E-state index is 12.5. The van der Waals surface area contributed by atoms with Gasteiger partial charge in [0.25, 0.3) is 0 Å². The van der Waals surface area contributed by atoms with E-state index < -0.39 is 23.3 Å². The maximum absolute atomic E-state index is 12.5. The third-order valence-electron chi connectivity index (χ3n) is 6.33. The molecule has 0 radical (unpaired) electrons. The maximum Gasteiger partial charge on any atom is 0.408 e. The summed E-state index contributed by atoms with van der Waals surface area (Å²) in [4.78, 5) is 14.3. The summed E-state index contributed by atoms with van der Waals surface area (Å²) >= 11 is 8.22. The summed E-state index contributed by atoms with van der Waals surface area (Å²) in [5.41, 5.74) is 0.780. The summed E-state index contributed by atoms with van der Waals surface area (Å²) in [7, 11) is 0. The van der Waals surface area contributed by atoms with Gasteiger partial charge in [-0.3, -0.25) is 0 Å². The summed E-state index contributed by atoms with van der Waals surface area (Å²) in [6, 6.07) is 5.93. The Morgan fingerprint density at radius 1 is 1.17 bits per heavy atom. The van der Waals surface area contributed by atoms with Gasteiger partial charge in [0.15, 0.2) is 0 Å². The predicted octanol–water partition coefficient (Wildman–Crippen LogP) is 7.29. The van der Waals surface area contributed by atoms with Crippen molar-refractivity contribution < 1.29 is 19.7 Å². The molecule has 1 aliphatic carbocycles. The lowest BCUT2D eigenvalue weighted by atomic mass is 9.80. The fourth-order valence-electron chi connectivity index (χ4n) is 4.23. The van der Waals surface area contributed by atoms with Crippen LogP contribution in [0.2, 0.25) is 5.02 Å². The van der Waals surface area contributed by atoms with Crippen molar-refractivity contribution in [2.24, 2.45) is 11.3 Å². The first-order chi connectivity index (χ1) is 16.6. The molecule has 2 rings (SSSR count). The second-order valence-electron chi connectivity index (χ2n) is 11.9. The Hall–Kier alpha value is -1.47. The van der Waals surface area contributed by atoms with Gasteiger partial charge in [0.2, 0.25) is 0 Å². The number of rotatable bonds is 9. The van der Waals surface area contributed by atoms with E-state index in [1.54, 1.807) is 11.8 Å². The van der Waals surface area contributed by atoms with Crippen molar-refractivity contribution in [3.63, 3.8) is 0 Å². The molecule has 0 saturated heterocycles. The number of ether oxygens (including phenoxy) is 1. The van der Waals surface area contributed by atoms with Crippen molar-refractivity contribution in [3.8, 4) is 0 Å². The van der Waals surface area contributed by atoms with E-state index in [1.807, 2.05) is 52.8 Å². The lowest BCUT2D eigenvalue weighted by molar-refractivity contribution is 0.0373. The Morgan fingerprint density at radius 2 is 1.83 bits per heavy atom. The van der Waals surface area contributed by atoms with Gasteiger partial charge in [-0.25, -0.2) is 4.79 Å². The Labute approximate surface area is 226 Å². The minimum atomic E-state index is -0.781. The molecule has 0 aromatic heterocycles. The third kappa shape index (κ3) is 8.83. The number of aliphatic hydroxyl groups is 2. The van der Waals surface area contributed by atoms with Gasteiger partial charge in [-0.15, -0.1) is 0 Å². The third-order valence-corrected chi connectivity index (χ3v) is 7.76. The highest BCUT2D eigenvalue weighted by molar-refractivity contribution is 8.03. The summed E-state index contributed by atoms with van der Waals surface area (Å²) in [5, 5.41) is 24.5. The first kappa shape index (κ1) is 30.8. The molecule has 3 unspecified atom stereocenters. The quantitative estimate of drug-likeness (QED) is 0.308. The zero-order valence-electron chi connectivity index (χ0n) is 23.1. The number of hydrogen-bond donors (Lipinski definition) is 3. The van der Waals surface area contributed by atoms with Crippen LogP contribution in [0, 0.1) is 11.3 Å². The van der Waals surface area contributed by atoms with Crippen molar-refractivity contribution in [1.82, 2.24) is 5.32 Å². The fraction of sp³-hybridized carbons (Fsp3) is 0.621. The standard InChI is InChI=1S/C29H44ClNO4S/c1-9-13-29(18-32,31-26(34)35-28(6,7)8)14-12-20-10-11-22(17-23(20)30)36-24-16-21(27(3,4)5)15-19(2)25(24)33/h10-11,15-17,19,25,32-33H,9,12-14,18H2,1-8H3,(H,31,34). The van der Waals surface area contributed by atoms with Crippen molar-refractivity contribution >= 4 is 29.5 Å². The smallest absolute Gasteiger partial charge is 0.408 e. The molecular formula is C29H44ClNO4S. The number of aryl methyl sites for hydroxylation is 1. The number of nitrogens with one attached hydrogen (secondary N) is 1. The van der Waals surface area contributed by atoms with Crippen LogP contribution in [-0.4, -0.2) is 40.2 Å². The molecule has 36 heavy (non-hydrogen) atoms. The number of hydrogen-bond acceptors (Lipinski definition) is 5. The largest absolute Gasteiger partial charge is 0.444 e. The van der Waals surface area contributed by atoms with E-state index in [0.29, 0.717) is 24.3 Å². The van der Waals surface area contributed by atoms with Gasteiger partial charge in [0.1, 0.15) is 5.60 Å². The highest BCUT2D eigenvalue weighted by atomic mass is 35.5. The number of carbonyl (C=O) groups excluding carboxylic acids is 1. The molecule has 0 aliphatic heterocycles. The first-order valence-corrected chi connectivity index (χ1v) is 14.0. The zero-order chi connectivity index (χ0) is 27.3. The van der Waals surface area contributed by atoms with Crippen LogP contribution in [0.25, 0.3) is 0 Å². The molecule has 0 bridgehead atoms. The highest BCUT2D eigenvalue weighted by Gasteiger charge is 2.33. The van der Waals surface area contributed by atoms with E-state index in [9.17, 15) is 15.0 Å². The molecule has 1 amide bonds. The van der Waals surface area contributed by atoms with Crippen LogP contribution >= 0.6 is 23.4 Å². The molecule has 1 aliphatic rings. The number of amides is 1. The van der Waals surface area contributed by atoms with Gasteiger partial charge in [-0.05, 0) is 74.8 Å². The summed E-state index contributed by atoms with van der Waals surface area (Å²) in [6.07, 6.45) is 5.74. The number of aliphatic hydroxyl groups excluding tert-OH is 2. The van der Waals surface area contributed by atoms with Crippen LogP contribution in [0.3, 0.4) is 0 Å². The number of alkyl carbamates (subject to hydrolysis) is 1. The number of halogens is 1. The van der Waals surface area contributed by atoms with Crippen LogP contribution in [0.1, 0.15) is 80.2 Å². The monoisotopic (exact) mass is 537 g/mol. The normalized spacial score (nSPS) is 20.3. The lowest BCUT2D eigenvalue weighted by Crippen LogP contribution is -2.53. The Morgan fingerprint density at radius 3 is 2.36 bits per heavy atom. The Bertz CT molecular complexity index is 976. The highest BCUT2D eigenvalue weighted by Crippen LogP contribution is 2.41.